The van der Waals surface area contributed by atoms with Crippen molar-refractivity contribution >= 4 is 0 Å². The Kier molecular flexibility index (Phi) is 7.56. The summed E-state index contributed by atoms with van der Waals surface area (Å²) in [7, 11) is 0. The third kappa shape index (κ3) is 4.72. The van der Waals surface area contributed by atoms with Crippen LogP contribution < -0.4 is 0 Å². The fraction of sp³-hybridized carbons (Fsp3) is 0.500. The van der Waals surface area contributed by atoms with Gasteiger partial charge in [0.25, 0.3) is 0 Å². The fourth-order valence-corrected chi connectivity index (χ4v) is 3.57. The Morgan fingerprint density at radius 1 is 0.667 bits per heavy atom. The molecule has 0 bridgehead atoms. The van der Waals surface area contributed by atoms with E-state index in [0.29, 0.717) is 0 Å². The van der Waals surface area contributed by atoms with Crippen LogP contribution in [-0.2, 0) is 25.7 Å². The lowest BCUT2D eigenvalue weighted by atomic mass is 9.88. The lowest BCUT2D eigenvalue weighted by Gasteiger charge is -2.16. The molecule has 0 amide bonds. The van der Waals surface area contributed by atoms with Crippen LogP contribution in [0.2, 0.25) is 0 Å². The molecule has 0 unspecified atom stereocenters. The van der Waals surface area contributed by atoms with Crippen LogP contribution >= 0.6 is 0 Å². The number of unbranched alkanes of at least 4 members (excludes halogenated alkanes) is 2. The first-order valence-corrected chi connectivity index (χ1v) is 9.97. The number of aryl methyl sites for hydroxylation is 4. The largest absolute Gasteiger partial charge is 0.0654 e. The van der Waals surface area contributed by atoms with Gasteiger partial charge in [-0.25, -0.2) is 0 Å². The van der Waals surface area contributed by atoms with Crippen molar-refractivity contribution in [3.8, 4) is 11.1 Å². The second-order valence-corrected chi connectivity index (χ2v) is 6.90. The van der Waals surface area contributed by atoms with Crippen molar-refractivity contribution in [2.45, 2.75) is 79.1 Å². The van der Waals surface area contributed by atoms with Crippen LogP contribution in [0.5, 0.6) is 0 Å². The monoisotopic (exact) mass is 322 g/mol. The minimum atomic E-state index is 1.10. The van der Waals surface area contributed by atoms with Crippen LogP contribution in [0, 0.1) is 0 Å². The minimum absolute atomic E-state index is 1.10. The maximum Gasteiger partial charge on any atom is -0.0120 e. The molecule has 0 spiro atoms. The van der Waals surface area contributed by atoms with E-state index in [2.05, 4.69) is 64.1 Å². The smallest absolute Gasteiger partial charge is 0.0120 e. The molecule has 130 valence electrons. The van der Waals surface area contributed by atoms with Crippen molar-refractivity contribution in [3.63, 3.8) is 0 Å². The van der Waals surface area contributed by atoms with Gasteiger partial charge in [0.2, 0.25) is 0 Å². The first kappa shape index (κ1) is 18.8. The molecule has 0 saturated carbocycles. The Morgan fingerprint density at radius 3 is 1.58 bits per heavy atom. The number of hydrogen-bond donors (Lipinski definition) is 0. The van der Waals surface area contributed by atoms with Gasteiger partial charge in [0.15, 0.2) is 0 Å². The van der Waals surface area contributed by atoms with Gasteiger partial charge in [0.05, 0.1) is 0 Å². The average molecular weight is 323 g/mol. The van der Waals surface area contributed by atoms with Gasteiger partial charge in [0.1, 0.15) is 0 Å². The molecule has 0 heteroatoms. The predicted octanol–water partition coefficient (Wildman–Crippen LogP) is 7.16. The number of benzene rings is 2. The molecule has 0 saturated heterocycles. The molecule has 24 heavy (non-hydrogen) atoms. The maximum absolute atomic E-state index is 2.46. The van der Waals surface area contributed by atoms with Crippen LogP contribution in [0.15, 0.2) is 36.4 Å². The van der Waals surface area contributed by atoms with Gasteiger partial charge in [-0.2, -0.15) is 0 Å². The zero-order valence-electron chi connectivity index (χ0n) is 16.1. The van der Waals surface area contributed by atoms with Crippen LogP contribution in [0.3, 0.4) is 0 Å². The molecule has 0 aliphatic rings. The van der Waals surface area contributed by atoms with E-state index in [0.717, 1.165) is 12.8 Å². The molecule has 0 nitrogen and oxygen atoms in total. The fourth-order valence-electron chi connectivity index (χ4n) is 3.57. The van der Waals surface area contributed by atoms with Gasteiger partial charge >= 0.3 is 0 Å². The summed E-state index contributed by atoms with van der Waals surface area (Å²) in [5.41, 5.74) is 8.97. The lowest BCUT2D eigenvalue weighted by Crippen LogP contribution is -1.98. The Bertz CT molecular complexity index is 588. The average Bonchev–Trinajstić information content (AvgIpc) is 2.63. The molecule has 2 rings (SSSR count). The van der Waals surface area contributed by atoms with E-state index in [9.17, 15) is 0 Å². The van der Waals surface area contributed by atoms with E-state index in [4.69, 9.17) is 0 Å². The molecule has 0 fully saturated rings. The van der Waals surface area contributed by atoms with E-state index in [1.165, 1.54) is 71.9 Å². The normalized spacial score (nSPS) is 11.0. The predicted molar refractivity (Wildman–Crippen MR) is 108 cm³/mol. The SMILES string of the molecule is CCCCc1cc(CCCC)cc(-c2c(CC)cccc2CC)c1. The molecule has 0 aliphatic carbocycles. The van der Waals surface area contributed by atoms with E-state index in [-0.39, 0.29) is 0 Å². The van der Waals surface area contributed by atoms with Gasteiger partial charge in [0, 0.05) is 0 Å². The molecule has 0 atom stereocenters. The summed E-state index contributed by atoms with van der Waals surface area (Å²) in [6.45, 7) is 9.11. The maximum atomic E-state index is 2.46. The van der Waals surface area contributed by atoms with Crippen molar-refractivity contribution in [2.24, 2.45) is 0 Å². The van der Waals surface area contributed by atoms with Crippen molar-refractivity contribution in [1.82, 2.24) is 0 Å². The van der Waals surface area contributed by atoms with E-state index in [1.807, 2.05) is 0 Å². The summed E-state index contributed by atoms with van der Waals surface area (Å²) in [5, 5.41) is 0. The summed E-state index contributed by atoms with van der Waals surface area (Å²) in [4.78, 5) is 0. The van der Waals surface area contributed by atoms with Crippen molar-refractivity contribution in [2.75, 3.05) is 0 Å². The molecule has 2 aromatic carbocycles. The van der Waals surface area contributed by atoms with Gasteiger partial charge in [-0.3, -0.25) is 0 Å². The summed E-state index contributed by atoms with van der Waals surface area (Å²) in [6.07, 6.45) is 9.72. The van der Waals surface area contributed by atoms with Gasteiger partial charge in [-0.05, 0) is 71.9 Å². The second kappa shape index (κ2) is 9.67. The summed E-state index contributed by atoms with van der Waals surface area (Å²) < 4.78 is 0. The summed E-state index contributed by atoms with van der Waals surface area (Å²) in [5.74, 6) is 0. The first-order valence-electron chi connectivity index (χ1n) is 9.97. The zero-order valence-corrected chi connectivity index (χ0v) is 16.1. The number of hydrogen-bond acceptors (Lipinski definition) is 0. The van der Waals surface area contributed by atoms with Crippen LogP contribution in [-0.4, -0.2) is 0 Å². The highest BCUT2D eigenvalue weighted by Crippen LogP contribution is 2.31. The van der Waals surface area contributed by atoms with Crippen LogP contribution in [0.1, 0.15) is 75.6 Å². The van der Waals surface area contributed by atoms with Crippen molar-refractivity contribution in [3.05, 3.63) is 58.7 Å². The highest BCUT2D eigenvalue weighted by Gasteiger charge is 2.11. The second-order valence-electron chi connectivity index (χ2n) is 6.90. The third-order valence-corrected chi connectivity index (χ3v) is 4.98. The molecule has 0 N–H and O–H groups in total. The van der Waals surface area contributed by atoms with Gasteiger partial charge in [-0.1, -0.05) is 76.9 Å². The van der Waals surface area contributed by atoms with Crippen molar-refractivity contribution in [1.29, 1.82) is 0 Å². The topological polar surface area (TPSA) is 0 Å². The zero-order chi connectivity index (χ0) is 17.4. The first-order chi connectivity index (χ1) is 11.7. The van der Waals surface area contributed by atoms with Crippen LogP contribution in [0.25, 0.3) is 11.1 Å². The van der Waals surface area contributed by atoms with E-state index in [1.54, 1.807) is 0 Å². The molecule has 0 aliphatic heterocycles. The van der Waals surface area contributed by atoms with E-state index >= 15 is 0 Å². The Labute approximate surface area is 149 Å². The quantitative estimate of drug-likeness (QED) is 0.459. The third-order valence-electron chi connectivity index (χ3n) is 4.98. The standard InChI is InChI=1S/C24H34/c1-5-9-12-19-16-20(13-10-6-2)18-23(17-19)24-21(7-3)14-11-15-22(24)8-4/h11,14-18H,5-10,12-13H2,1-4H3. The molecule has 2 aromatic rings. The lowest BCUT2D eigenvalue weighted by molar-refractivity contribution is 0.781. The van der Waals surface area contributed by atoms with Gasteiger partial charge in [-0.15, -0.1) is 0 Å². The highest BCUT2D eigenvalue weighted by atomic mass is 14.2. The molecular weight excluding hydrogens is 288 g/mol. The summed E-state index contributed by atoms with van der Waals surface area (Å²) in [6, 6.07) is 14.2. The Hall–Kier alpha value is -1.56. The van der Waals surface area contributed by atoms with Crippen LogP contribution in [0.4, 0.5) is 0 Å². The van der Waals surface area contributed by atoms with Gasteiger partial charge < -0.3 is 0 Å². The molecule has 0 heterocycles. The number of rotatable bonds is 9. The highest BCUT2D eigenvalue weighted by molar-refractivity contribution is 5.72. The Morgan fingerprint density at radius 2 is 1.17 bits per heavy atom. The minimum Gasteiger partial charge on any atom is -0.0654 e. The van der Waals surface area contributed by atoms with Crippen molar-refractivity contribution < 1.29 is 0 Å². The Balaban J connectivity index is 2.51. The molecule has 0 radical (unpaired) electrons. The van der Waals surface area contributed by atoms with E-state index < -0.39 is 0 Å². The summed E-state index contributed by atoms with van der Waals surface area (Å²) >= 11 is 0. The molecular formula is C24H34. The molecule has 0 aromatic heterocycles.